The van der Waals surface area contributed by atoms with Crippen molar-refractivity contribution < 1.29 is 40.2 Å². The van der Waals surface area contributed by atoms with Gasteiger partial charge in [0.2, 0.25) is 0 Å². The van der Waals surface area contributed by atoms with Crippen LogP contribution in [0.1, 0.15) is 21.5 Å². The van der Waals surface area contributed by atoms with Crippen molar-refractivity contribution in [2.45, 2.75) is 16.4 Å². The van der Waals surface area contributed by atoms with Gasteiger partial charge >= 0.3 is 0 Å². The van der Waals surface area contributed by atoms with Crippen molar-refractivity contribution in [1.82, 2.24) is 4.98 Å². The maximum Gasteiger partial charge on any atom is 0.294 e. The lowest BCUT2D eigenvalue weighted by Crippen LogP contribution is -2.22. The number of halogens is 1. The van der Waals surface area contributed by atoms with Gasteiger partial charge in [0.1, 0.15) is 18.1 Å². The summed E-state index contributed by atoms with van der Waals surface area (Å²) in [5.74, 6) is 0.0807. The first kappa shape index (κ1) is 33.0. The van der Waals surface area contributed by atoms with E-state index in [2.05, 4.69) is 10.3 Å². The van der Waals surface area contributed by atoms with E-state index in [4.69, 9.17) is 21.1 Å². The van der Waals surface area contributed by atoms with Gasteiger partial charge in [0.15, 0.2) is 11.5 Å². The Morgan fingerprint density at radius 3 is 2.02 bits per heavy atom. The first-order valence-corrected chi connectivity index (χ1v) is 17.9. The molecule has 1 aliphatic carbocycles. The standard InChI is InChI=1S/C35H23ClN2O10S2/c36-26-16-22(50(44,45)46)14-15-28(26)48-29-17-27(37-19-10-12-21(13-11-19)49(41,42)43)31-32-30(23-8-4-5-9-24(23)34(31)39)25(35(40)38-33(29)32)18-47-20-6-2-1-3-7-20/h1-17,37H,18H2,(H,38,40)(H,41,42,43)(H,44,45,46). The summed E-state index contributed by atoms with van der Waals surface area (Å²) in [4.78, 5) is 30.2. The zero-order valence-corrected chi connectivity index (χ0v) is 27.8. The minimum absolute atomic E-state index is 0.00312. The third kappa shape index (κ3) is 6.10. The largest absolute Gasteiger partial charge is 0.489 e. The number of rotatable bonds is 9. The summed E-state index contributed by atoms with van der Waals surface area (Å²) < 4.78 is 77.8. The predicted octanol–water partition coefficient (Wildman–Crippen LogP) is 7.00. The molecule has 0 aliphatic heterocycles. The Bertz CT molecular complexity index is 2640. The zero-order chi connectivity index (χ0) is 35.4. The van der Waals surface area contributed by atoms with E-state index in [9.17, 15) is 35.5 Å². The van der Waals surface area contributed by atoms with Crippen LogP contribution >= 0.6 is 11.6 Å². The van der Waals surface area contributed by atoms with Crippen molar-refractivity contribution in [1.29, 1.82) is 0 Å². The second kappa shape index (κ2) is 12.4. The summed E-state index contributed by atoms with van der Waals surface area (Å²) in [6.07, 6.45) is 0. The molecule has 6 aromatic rings. The minimum Gasteiger partial charge on any atom is -0.489 e. The Balaban J connectivity index is 1.48. The van der Waals surface area contributed by atoms with E-state index >= 15 is 0 Å². The number of ether oxygens (including phenoxy) is 2. The Morgan fingerprint density at radius 2 is 1.36 bits per heavy atom. The van der Waals surface area contributed by atoms with Crippen molar-refractivity contribution >= 4 is 59.9 Å². The molecule has 0 saturated heterocycles. The molecule has 50 heavy (non-hydrogen) atoms. The number of hydrogen-bond donors (Lipinski definition) is 4. The van der Waals surface area contributed by atoms with Crippen LogP contribution in [-0.2, 0) is 26.8 Å². The Kier molecular flexibility index (Phi) is 8.20. The van der Waals surface area contributed by atoms with Crippen molar-refractivity contribution in [3.8, 4) is 28.4 Å². The highest BCUT2D eigenvalue weighted by molar-refractivity contribution is 7.86. The van der Waals surface area contributed by atoms with Gasteiger partial charge in [-0.3, -0.25) is 18.7 Å². The zero-order valence-electron chi connectivity index (χ0n) is 25.4. The molecule has 0 saturated carbocycles. The lowest BCUT2D eigenvalue weighted by atomic mass is 9.81. The maximum absolute atomic E-state index is 14.3. The molecule has 1 aliphatic rings. The maximum atomic E-state index is 14.3. The molecule has 4 N–H and O–H groups in total. The number of anilines is 2. The van der Waals surface area contributed by atoms with Crippen molar-refractivity contribution in [2.24, 2.45) is 0 Å². The number of hydrogen-bond acceptors (Lipinski definition) is 9. The molecular formula is C35H23ClN2O10S2. The molecule has 1 heterocycles. The molecule has 0 radical (unpaired) electrons. The van der Waals surface area contributed by atoms with Gasteiger partial charge in [0.05, 0.1) is 37.1 Å². The molecule has 0 unspecified atom stereocenters. The molecule has 0 atom stereocenters. The van der Waals surface area contributed by atoms with Gasteiger partial charge in [-0.15, -0.1) is 0 Å². The fourth-order valence-corrected chi connectivity index (χ4v) is 7.02. The summed E-state index contributed by atoms with van der Waals surface area (Å²) in [6, 6.07) is 25.5. The van der Waals surface area contributed by atoms with E-state index in [1.54, 1.807) is 48.5 Å². The average molecular weight is 731 g/mol. The van der Waals surface area contributed by atoms with E-state index in [1.165, 1.54) is 36.4 Å². The van der Waals surface area contributed by atoms with Crippen LogP contribution in [0.5, 0.6) is 17.2 Å². The number of H-pyrrole nitrogens is 1. The number of fused-ring (bicyclic) bond motifs is 2. The molecule has 1 aromatic heterocycles. The molecule has 5 aromatic carbocycles. The number of benzene rings is 5. The van der Waals surface area contributed by atoms with E-state index in [-0.39, 0.29) is 56.1 Å². The Hall–Kier alpha value is -5.51. The smallest absolute Gasteiger partial charge is 0.294 e. The molecule has 0 fully saturated rings. The number of ketones is 1. The van der Waals surface area contributed by atoms with Crippen LogP contribution in [-0.4, -0.2) is 36.7 Å². The normalized spacial score (nSPS) is 12.4. The first-order valence-electron chi connectivity index (χ1n) is 14.7. The summed E-state index contributed by atoms with van der Waals surface area (Å²) in [5.41, 5.74) is 1.70. The monoisotopic (exact) mass is 730 g/mol. The number of carbonyl (C=O) groups is 1. The topological polar surface area (TPSA) is 189 Å². The van der Waals surface area contributed by atoms with Crippen LogP contribution in [0.15, 0.2) is 118 Å². The number of aromatic nitrogens is 1. The van der Waals surface area contributed by atoms with Gasteiger partial charge in [-0.25, -0.2) is 0 Å². The molecule has 15 heteroatoms. The number of aromatic amines is 1. The summed E-state index contributed by atoms with van der Waals surface area (Å²) in [7, 11) is -9.06. The van der Waals surface area contributed by atoms with Crippen LogP contribution in [0.4, 0.5) is 11.4 Å². The van der Waals surface area contributed by atoms with Gasteiger partial charge < -0.3 is 19.8 Å². The van der Waals surface area contributed by atoms with E-state index < -0.39 is 30.7 Å². The lowest BCUT2D eigenvalue weighted by Gasteiger charge is -2.26. The molecule has 0 spiro atoms. The third-order valence-corrected chi connectivity index (χ3v) is 10.0. The van der Waals surface area contributed by atoms with Gasteiger partial charge in [-0.1, -0.05) is 54.1 Å². The predicted molar refractivity (Wildman–Crippen MR) is 185 cm³/mol. The van der Waals surface area contributed by atoms with Crippen molar-refractivity contribution in [3.05, 3.63) is 135 Å². The summed E-state index contributed by atoms with van der Waals surface area (Å²) in [6.45, 7) is -0.166. The van der Waals surface area contributed by atoms with E-state index in [0.29, 0.717) is 33.5 Å². The van der Waals surface area contributed by atoms with Crippen LogP contribution < -0.4 is 20.3 Å². The van der Waals surface area contributed by atoms with E-state index in [1.807, 2.05) is 6.07 Å². The van der Waals surface area contributed by atoms with Crippen LogP contribution in [0.2, 0.25) is 5.02 Å². The fourth-order valence-electron chi connectivity index (χ4n) is 5.75. The molecular weight excluding hydrogens is 708 g/mol. The Labute approximate surface area is 289 Å². The molecule has 0 bridgehead atoms. The molecule has 7 rings (SSSR count). The highest BCUT2D eigenvalue weighted by Gasteiger charge is 2.33. The van der Waals surface area contributed by atoms with Gasteiger partial charge in [-0.2, -0.15) is 16.8 Å². The molecule has 252 valence electrons. The van der Waals surface area contributed by atoms with E-state index in [0.717, 1.165) is 12.1 Å². The van der Waals surface area contributed by atoms with Crippen LogP contribution in [0, 0.1) is 0 Å². The first-order chi connectivity index (χ1) is 23.8. The van der Waals surface area contributed by atoms with Crippen molar-refractivity contribution in [3.63, 3.8) is 0 Å². The summed E-state index contributed by atoms with van der Waals surface area (Å²) >= 11 is 6.38. The second-order valence-corrected chi connectivity index (χ2v) is 14.4. The van der Waals surface area contributed by atoms with Crippen molar-refractivity contribution in [2.75, 3.05) is 5.32 Å². The van der Waals surface area contributed by atoms with Gasteiger partial charge in [0.25, 0.3) is 25.8 Å². The number of nitrogens with one attached hydrogen (secondary N) is 2. The van der Waals surface area contributed by atoms with Gasteiger partial charge in [-0.05, 0) is 60.2 Å². The molecule has 12 nitrogen and oxygen atoms in total. The lowest BCUT2D eigenvalue weighted by molar-refractivity contribution is 0.104. The van der Waals surface area contributed by atoms with Crippen LogP contribution in [0.25, 0.3) is 22.0 Å². The second-order valence-electron chi connectivity index (χ2n) is 11.1. The number of carbonyl (C=O) groups excluding carboxylic acids is 1. The SMILES string of the molecule is O=C1c2ccccc2-c2c(COc3ccccc3)c(=O)[nH]c3c(Oc4ccc(S(=O)(=O)O)cc4Cl)cc(Nc4ccc(S(=O)(=O)O)cc4)c1c23. The Morgan fingerprint density at radius 1 is 0.720 bits per heavy atom. The molecule has 0 amide bonds. The number of pyridine rings is 1. The van der Waals surface area contributed by atoms with Crippen LogP contribution in [0.3, 0.4) is 0 Å². The minimum atomic E-state index is -4.58. The van der Waals surface area contributed by atoms with Gasteiger partial charge in [0, 0.05) is 28.3 Å². The quantitative estimate of drug-likeness (QED) is 0.112. The highest BCUT2D eigenvalue weighted by atomic mass is 35.5. The summed E-state index contributed by atoms with van der Waals surface area (Å²) in [5, 5.41) is 3.25. The number of para-hydroxylation sites is 1. The average Bonchev–Trinajstić information content (AvgIpc) is 3.08. The fraction of sp³-hybridized carbons (Fsp3) is 0.0286. The highest BCUT2D eigenvalue weighted by Crippen LogP contribution is 2.47. The third-order valence-electron chi connectivity index (χ3n) is 8.00.